The van der Waals surface area contributed by atoms with Gasteiger partial charge in [-0.3, -0.25) is 4.89 Å². The molecule has 0 saturated heterocycles. The second kappa shape index (κ2) is 10.4. The van der Waals surface area contributed by atoms with Gasteiger partial charge in [0.15, 0.2) is 0 Å². The van der Waals surface area contributed by atoms with Gasteiger partial charge in [-0.15, -0.1) is 0 Å². The highest BCUT2D eigenvalue weighted by Gasteiger charge is 2.15. The van der Waals surface area contributed by atoms with E-state index in [0.29, 0.717) is 5.56 Å². The van der Waals surface area contributed by atoms with E-state index < -0.39 is 5.97 Å². The minimum Gasteiger partial charge on any atom is -0.293 e. The van der Waals surface area contributed by atoms with Crippen molar-refractivity contribution in [3.8, 4) is 0 Å². The van der Waals surface area contributed by atoms with E-state index in [1.807, 2.05) is 19.1 Å². The van der Waals surface area contributed by atoms with Gasteiger partial charge in [0.05, 0.1) is 5.56 Å². The number of benzene rings is 1. The average Bonchev–Trinajstić information content (AvgIpc) is 2.55. The molecule has 2 rings (SSSR count). The van der Waals surface area contributed by atoms with Crippen molar-refractivity contribution in [2.24, 2.45) is 0 Å². The summed E-state index contributed by atoms with van der Waals surface area (Å²) in [5.74, 6) is -0.392. The second-order valence-electron chi connectivity index (χ2n) is 6.71. The summed E-state index contributed by atoms with van der Waals surface area (Å²) in [6.07, 6.45) is 13.6. The molecule has 1 aliphatic carbocycles. The van der Waals surface area contributed by atoms with Gasteiger partial charge in [0.25, 0.3) is 0 Å². The molecule has 0 spiro atoms. The normalized spacial score (nSPS) is 18.7. The van der Waals surface area contributed by atoms with Crippen LogP contribution in [0, 0.1) is 6.92 Å². The number of hydrogen-bond donors (Lipinski definition) is 0. The highest BCUT2D eigenvalue weighted by atomic mass is 17.2. The average molecular weight is 318 g/mol. The summed E-state index contributed by atoms with van der Waals surface area (Å²) in [5.41, 5.74) is 1.67. The molecule has 1 aromatic rings. The lowest BCUT2D eigenvalue weighted by Crippen LogP contribution is -2.17. The van der Waals surface area contributed by atoms with E-state index in [9.17, 15) is 4.79 Å². The van der Waals surface area contributed by atoms with Crippen LogP contribution < -0.4 is 0 Å². The molecule has 0 N–H and O–H groups in total. The fourth-order valence-corrected chi connectivity index (χ4v) is 3.07. The standard InChI is InChI=1S/C20H30O3/c1-17-13-15-18(16-14-17)20(21)23-22-19-11-9-7-5-3-2-4-6-8-10-12-19/h13-16,19H,2-12H2,1H3. The lowest BCUT2D eigenvalue weighted by molar-refractivity contribution is -0.277. The summed E-state index contributed by atoms with van der Waals surface area (Å²) in [4.78, 5) is 22.6. The lowest BCUT2D eigenvalue weighted by atomic mass is 9.99. The maximum absolute atomic E-state index is 12.0. The maximum atomic E-state index is 12.0. The molecular formula is C20H30O3. The van der Waals surface area contributed by atoms with Gasteiger partial charge in [0, 0.05) is 0 Å². The fraction of sp³-hybridized carbons (Fsp3) is 0.650. The predicted octanol–water partition coefficient (Wildman–Crippen LogP) is 5.76. The topological polar surface area (TPSA) is 35.5 Å². The van der Waals surface area contributed by atoms with Crippen LogP contribution in [0.3, 0.4) is 0 Å². The lowest BCUT2D eigenvalue weighted by Gasteiger charge is -2.17. The van der Waals surface area contributed by atoms with Crippen LogP contribution in [0.4, 0.5) is 0 Å². The quantitative estimate of drug-likeness (QED) is 0.525. The van der Waals surface area contributed by atoms with E-state index in [2.05, 4.69) is 0 Å². The predicted molar refractivity (Wildman–Crippen MR) is 92.3 cm³/mol. The summed E-state index contributed by atoms with van der Waals surface area (Å²) in [6, 6.07) is 7.38. The first kappa shape index (κ1) is 18.0. The van der Waals surface area contributed by atoms with Crippen LogP contribution in [0.2, 0.25) is 0 Å². The molecular weight excluding hydrogens is 288 g/mol. The van der Waals surface area contributed by atoms with Crippen LogP contribution in [-0.2, 0) is 9.78 Å². The molecule has 0 aromatic heterocycles. The van der Waals surface area contributed by atoms with Crippen LogP contribution >= 0.6 is 0 Å². The van der Waals surface area contributed by atoms with Crippen molar-refractivity contribution in [2.45, 2.75) is 83.7 Å². The molecule has 128 valence electrons. The van der Waals surface area contributed by atoms with Gasteiger partial charge in [-0.2, -0.15) is 4.89 Å². The zero-order chi connectivity index (χ0) is 16.3. The summed E-state index contributed by atoms with van der Waals surface area (Å²) < 4.78 is 0. The molecule has 0 bridgehead atoms. The largest absolute Gasteiger partial charge is 0.373 e. The van der Waals surface area contributed by atoms with E-state index in [1.54, 1.807) is 12.1 Å². The Hall–Kier alpha value is -1.35. The minimum absolute atomic E-state index is 0.0452. The first-order valence-electron chi connectivity index (χ1n) is 9.20. The molecule has 0 atom stereocenters. The molecule has 0 amide bonds. The third-order valence-corrected chi connectivity index (χ3v) is 4.60. The maximum Gasteiger partial charge on any atom is 0.373 e. The molecule has 0 unspecified atom stereocenters. The van der Waals surface area contributed by atoms with Crippen LogP contribution in [0.15, 0.2) is 24.3 Å². The van der Waals surface area contributed by atoms with E-state index in [-0.39, 0.29) is 6.10 Å². The zero-order valence-electron chi connectivity index (χ0n) is 14.4. The zero-order valence-corrected chi connectivity index (χ0v) is 14.4. The summed E-state index contributed by atoms with van der Waals surface area (Å²) in [5, 5.41) is 0. The van der Waals surface area contributed by atoms with E-state index in [0.717, 1.165) is 31.2 Å². The van der Waals surface area contributed by atoms with Crippen LogP contribution in [0.1, 0.15) is 86.6 Å². The fourth-order valence-electron chi connectivity index (χ4n) is 3.07. The van der Waals surface area contributed by atoms with Crippen LogP contribution in [0.25, 0.3) is 0 Å². The monoisotopic (exact) mass is 318 g/mol. The minimum atomic E-state index is -0.392. The Morgan fingerprint density at radius 3 is 1.83 bits per heavy atom. The number of carbonyl (C=O) groups is 1. The number of rotatable bonds is 3. The SMILES string of the molecule is Cc1ccc(C(=O)OOC2CCCCCCCCCCC2)cc1. The van der Waals surface area contributed by atoms with Gasteiger partial charge in [-0.05, 0) is 31.9 Å². The van der Waals surface area contributed by atoms with Gasteiger partial charge >= 0.3 is 5.97 Å². The molecule has 1 aromatic carbocycles. The molecule has 3 heteroatoms. The Morgan fingerprint density at radius 1 is 0.826 bits per heavy atom. The Morgan fingerprint density at radius 2 is 1.30 bits per heavy atom. The summed E-state index contributed by atoms with van der Waals surface area (Å²) in [7, 11) is 0. The van der Waals surface area contributed by atoms with E-state index >= 15 is 0 Å². The van der Waals surface area contributed by atoms with Gasteiger partial charge in [-0.25, -0.2) is 4.79 Å². The van der Waals surface area contributed by atoms with Crippen molar-refractivity contribution in [3.63, 3.8) is 0 Å². The molecule has 1 fully saturated rings. The van der Waals surface area contributed by atoms with Crippen molar-refractivity contribution >= 4 is 5.97 Å². The number of hydrogen-bond acceptors (Lipinski definition) is 3. The van der Waals surface area contributed by atoms with Crippen molar-refractivity contribution < 1.29 is 14.6 Å². The highest BCUT2D eigenvalue weighted by molar-refractivity contribution is 5.88. The molecule has 1 saturated carbocycles. The Bertz CT molecular complexity index is 440. The molecule has 0 heterocycles. The van der Waals surface area contributed by atoms with Crippen LogP contribution in [-0.4, -0.2) is 12.1 Å². The third-order valence-electron chi connectivity index (χ3n) is 4.60. The van der Waals surface area contributed by atoms with Crippen molar-refractivity contribution in [2.75, 3.05) is 0 Å². The second-order valence-corrected chi connectivity index (χ2v) is 6.71. The smallest absolute Gasteiger partial charge is 0.293 e. The first-order valence-corrected chi connectivity index (χ1v) is 9.20. The van der Waals surface area contributed by atoms with E-state index in [1.165, 1.54) is 44.9 Å². The van der Waals surface area contributed by atoms with Crippen molar-refractivity contribution in [1.29, 1.82) is 0 Å². The highest BCUT2D eigenvalue weighted by Crippen LogP contribution is 2.19. The Labute approximate surface area is 140 Å². The molecule has 23 heavy (non-hydrogen) atoms. The molecule has 3 nitrogen and oxygen atoms in total. The Kier molecular flexibility index (Phi) is 8.16. The molecule has 0 radical (unpaired) electrons. The van der Waals surface area contributed by atoms with Gasteiger partial charge in [0.2, 0.25) is 0 Å². The summed E-state index contributed by atoms with van der Waals surface area (Å²) >= 11 is 0. The molecule has 0 aliphatic heterocycles. The first-order chi connectivity index (χ1) is 11.3. The number of aryl methyl sites for hydroxylation is 1. The van der Waals surface area contributed by atoms with Gasteiger partial charge < -0.3 is 0 Å². The summed E-state index contributed by atoms with van der Waals surface area (Å²) in [6.45, 7) is 2.00. The Balaban J connectivity index is 1.78. The molecule has 1 aliphatic rings. The van der Waals surface area contributed by atoms with Gasteiger partial charge in [-0.1, -0.05) is 75.5 Å². The van der Waals surface area contributed by atoms with Gasteiger partial charge in [0.1, 0.15) is 6.10 Å². The number of carbonyl (C=O) groups excluding carboxylic acids is 1. The van der Waals surface area contributed by atoms with Crippen LogP contribution in [0.5, 0.6) is 0 Å². The van der Waals surface area contributed by atoms with Crippen molar-refractivity contribution in [3.05, 3.63) is 35.4 Å². The third kappa shape index (κ3) is 7.17. The van der Waals surface area contributed by atoms with Crippen molar-refractivity contribution in [1.82, 2.24) is 0 Å². The van der Waals surface area contributed by atoms with E-state index in [4.69, 9.17) is 9.78 Å².